The molecule has 0 aromatic heterocycles. The fourth-order valence-electron chi connectivity index (χ4n) is 4.96. The molecule has 9 nitrogen and oxygen atoms in total. The second kappa shape index (κ2) is 13.0. The first kappa shape index (κ1) is 30.5. The van der Waals surface area contributed by atoms with Crippen LogP contribution in [-0.2, 0) is 19.8 Å². The number of rotatable bonds is 9. The summed E-state index contributed by atoms with van der Waals surface area (Å²) in [4.78, 5) is 12.2. The fourth-order valence-corrected chi connectivity index (χ4v) is 4.96. The molecule has 4 rings (SSSR count). The molecule has 0 bridgehead atoms. The van der Waals surface area contributed by atoms with Crippen LogP contribution in [0.1, 0.15) is 37.5 Å². The number of carbonyl (C=O) groups excluding carboxylic acids is 1. The predicted octanol–water partition coefficient (Wildman–Crippen LogP) is 3.38. The van der Waals surface area contributed by atoms with Crippen LogP contribution in [-0.4, -0.2) is 77.8 Å². The SMILES string of the molecule is COc1ccc(C(OC[C@H]2O[C@@H](CNC(=O)OC(C)(C)C)[C@H](O)[C@@H](O)[C@H]2O)(c2ccccc2)c2ccccc2)cc1. The van der Waals surface area contributed by atoms with Gasteiger partial charge in [0.1, 0.15) is 47.5 Å². The highest BCUT2D eigenvalue weighted by Gasteiger charge is 2.46. The van der Waals surface area contributed by atoms with Crippen LogP contribution in [0.2, 0.25) is 0 Å². The van der Waals surface area contributed by atoms with Gasteiger partial charge in [0, 0.05) is 6.54 Å². The minimum atomic E-state index is -1.52. The van der Waals surface area contributed by atoms with Gasteiger partial charge in [0.2, 0.25) is 0 Å². The monoisotopic (exact) mass is 565 g/mol. The molecule has 0 aliphatic carbocycles. The van der Waals surface area contributed by atoms with Crippen molar-refractivity contribution in [1.82, 2.24) is 5.32 Å². The zero-order valence-corrected chi connectivity index (χ0v) is 23.8. The average Bonchev–Trinajstić information content (AvgIpc) is 2.97. The van der Waals surface area contributed by atoms with Gasteiger partial charge in [-0.25, -0.2) is 4.79 Å². The van der Waals surface area contributed by atoms with Gasteiger partial charge in [0.25, 0.3) is 0 Å². The van der Waals surface area contributed by atoms with Crippen LogP contribution in [0.15, 0.2) is 84.9 Å². The van der Waals surface area contributed by atoms with E-state index in [4.69, 9.17) is 18.9 Å². The first-order chi connectivity index (χ1) is 19.5. The molecular weight excluding hydrogens is 526 g/mol. The fraction of sp³-hybridized carbons (Fsp3) is 0.406. The lowest BCUT2D eigenvalue weighted by Crippen LogP contribution is -2.61. The maximum Gasteiger partial charge on any atom is 0.407 e. The summed E-state index contributed by atoms with van der Waals surface area (Å²) < 4.78 is 23.4. The van der Waals surface area contributed by atoms with Gasteiger partial charge in [-0.1, -0.05) is 72.8 Å². The first-order valence-electron chi connectivity index (χ1n) is 13.6. The minimum absolute atomic E-state index is 0.142. The molecule has 3 aromatic carbocycles. The number of hydrogen-bond donors (Lipinski definition) is 4. The predicted molar refractivity (Wildman–Crippen MR) is 153 cm³/mol. The zero-order valence-electron chi connectivity index (χ0n) is 23.8. The number of ether oxygens (including phenoxy) is 4. The second-order valence-corrected chi connectivity index (χ2v) is 11.0. The standard InChI is InChI=1S/C32H39NO8/c1-31(2,3)41-30(37)33-19-25-27(34)29(36)28(35)26(40-25)20-39-32(21-11-7-5-8-12-21,22-13-9-6-10-14-22)23-15-17-24(38-4)18-16-23/h5-18,25-29,34-36H,19-20H2,1-4H3,(H,33,37)/t25-,26+,27-,28-,29+/m0/s1. The molecule has 5 atom stereocenters. The Bertz CT molecular complexity index is 1210. The summed E-state index contributed by atoms with van der Waals surface area (Å²) in [5.41, 5.74) is 0.658. The molecule has 0 unspecified atom stereocenters. The first-order valence-corrected chi connectivity index (χ1v) is 13.6. The van der Waals surface area contributed by atoms with Gasteiger partial charge in [0.05, 0.1) is 13.7 Å². The molecule has 1 amide bonds. The third-order valence-electron chi connectivity index (χ3n) is 6.98. The van der Waals surface area contributed by atoms with E-state index in [0.717, 1.165) is 16.7 Å². The molecule has 4 N–H and O–H groups in total. The Kier molecular flexibility index (Phi) is 9.68. The number of alkyl carbamates (subject to hydrolysis) is 1. The van der Waals surface area contributed by atoms with Crippen molar-refractivity contribution in [2.45, 2.75) is 62.5 Å². The number of amides is 1. The molecule has 3 aromatic rings. The molecule has 1 fully saturated rings. The number of aliphatic hydroxyl groups is 3. The van der Waals surface area contributed by atoms with Crippen LogP contribution in [0.3, 0.4) is 0 Å². The lowest BCUT2D eigenvalue weighted by atomic mass is 9.80. The molecule has 1 aliphatic rings. The van der Waals surface area contributed by atoms with E-state index in [1.165, 1.54) is 0 Å². The van der Waals surface area contributed by atoms with Gasteiger partial charge in [-0.3, -0.25) is 0 Å². The van der Waals surface area contributed by atoms with Gasteiger partial charge in [-0.05, 0) is 49.6 Å². The zero-order chi connectivity index (χ0) is 29.6. The maximum atomic E-state index is 12.2. The normalized spacial score (nSPS) is 23.0. The summed E-state index contributed by atoms with van der Waals surface area (Å²) in [5.74, 6) is 0.687. The Balaban J connectivity index is 1.65. The van der Waals surface area contributed by atoms with Crippen molar-refractivity contribution in [2.24, 2.45) is 0 Å². The molecule has 41 heavy (non-hydrogen) atoms. The van der Waals surface area contributed by atoms with Crippen molar-refractivity contribution in [3.8, 4) is 5.75 Å². The van der Waals surface area contributed by atoms with Crippen molar-refractivity contribution in [3.63, 3.8) is 0 Å². The molecule has 0 spiro atoms. The summed E-state index contributed by atoms with van der Waals surface area (Å²) in [6.45, 7) is 4.92. The highest BCUT2D eigenvalue weighted by molar-refractivity contribution is 5.67. The Morgan fingerprint density at radius 3 is 1.80 bits per heavy atom. The van der Waals surface area contributed by atoms with Crippen LogP contribution in [0, 0.1) is 0 Å². The molecule has 1 aliphatic heterocycles. The summed E-state index contributed by atoms with van der Waals surface area (Å²) >= 11 is 0. The van der Waals surface area contributed by atoms with Gasteiger partial charge in [-0.2, -0.15) is 0 Å². The van der Waals surface area contributed by atoms with E-state index >= 15 is 0 Å². The highest BCUT2D eigenvalue weighted by Crippen LogP contribution is 2.41. The molecule has 1 heterocycles. The van der Waals surface area contributed by atoms with Crippen LogP contribution >= 0.6 is 0 Å². The summed E-state index contributed by atoms with van der Waals surface area (Å²) in [7, 11) is 1.60. The van der Waals surface area contributed by atoms with Crippen molar-refractivity contribution in [2.75, 3.05) is 20.3 Å². The number of hydrogen-bond acceptors (Lipinski definition) is 8. The molecule has 220 valence electrons. The number of methoxy groups -OCH3 is 1. The van der Waals surface area contributed by atoms with E-state index in [9.17, 15) is 20.1 Å². The van der Waals surface area contributed by atoms with E-state index in [-0.39, 0.29) is 13.2 Å². The Morgan fingerprint density at radius 2 is 1.29 bits per heavy atom. The maximum absolute atomic E-state index is 12.2. The third-order valence-corrected chi connectivity index (χ3v) is 6.98. The number of carbonyl (C=O) groups is 1. The largest absolute Gasteiger partial charge is 0.497 e. The molecule has 0 saturated carbocycles. The summed E-state index contributed by atoms with van der Waals surface area (Å²) in [6, 6.07) is 26.9. The lowest BCUT2D eigenvalue weighted by Gasteiger charge is -2.43. The molecular formula is C32H39NO8. The molecule has 9 heteroatoms. The van der Waals surface area contributed by atoms with E-state index in [0.29, 0.717) is 5.75 Å². The van der Waals surface area contributed by atoms with Crippen molar-refractivity contribution >= 4 is 6.09 Å². The second-order valence-electron chi connectivity index (χ2n) is 11.0. The molecule has 1 saturated heterocycles. The van der Waals surface area contributed by atoms with Crippen LogP contribution < -0.4 is 10.1 Å². The van der Waals surface area contributed by atoms with Gasteiger partial charge >= 0.3 is 6.09 Å². The van der Waals surface area contributed by atoms with Crippen molar-refractivity contribution in [3.05, 3.63) is 102 Å². The lowest BCUT2D eigenvalue weighted by molar-refractivity contribution is -0.236. The van der Waals surface area contributed by atoms with Crippen LogP contribution in [0.25, 0.3) is 0 Å². The van der Waals surface area contributed by atoms with Gasteiger partial charge in [-0.15, -0.1) is 0 Å². The van der Waals surface area contributed by atoms with Crippen molar-refractivity contribution in [1.29, 1.82) is 0 Å². The topological polar surface area (TPSA) is 127 Å². The smallest absolute Gasteiger partial charge is 0.407 e. The van der Waals surface area contributed by atoms with E-state index in [2.05, 4.69) is 5.32 Å². The van der Waals surface area contributed by atoms with Crippen molar-refractivity contribution < 1.29 is 39.1 Å². The minimum Gasteiger partial charge on any atom is -0.497 e. The Labute approximate surface area is 240 Å². The number of aliphatic hydroxyl groups excluding tert-OH is 3. The van der Waals surface area contributed by atoms with E-state index in [1.54, 1.807) is 27.9 Å². The summed E-state index contributed by atoms with van der Waals surface area (Å²) in [6.07, 6.45) is -7.13. The van der Waals surface area contributed by atoms with E-state index < -0.39 is 47.8 Å². The Hall–Kier alpha value is -3.47. The van der Waals surface area contributed by atoms with Gasteiger partial charge < -0.3 is 39.6 Å². The highest BCUT2D eigenvalue weighted by atomic mass is 16.6. The van der Waals surface area contributed by atoms with Gasteiger partial charge in [0.15, 0.2) is 0 Å². The number of nitrogens with one attached hydrogen (secondary N) is 1. The summed E-state index contributed by atoms with van der Waals surface area (Å²) in [5, 5.41) is 34.7. The third kappa shape index (κ3) is 7.06. The average molecular weight is 566 g/mol. The van der Waals surface area contributed by atoms with E-state index in [1.807, 2.05) is 84.9 Å². The number of benzene rings is 3. The molecule has 0 radical (unpaired) electrons. The quantitative estimate of drug-likeness (QED) is 0.291. The Morgan fingerprint density at radius 1 is 0.780 bits per heavy atom. The van der Waals surface area contributed by atoms with Crippen LogP contribution in [0.4, 0.5) is 4.79 Å². The van der Waals surface area contributed by atoms with Crippen LogP contribution in [0.5, 0.6) is 5.75 Å².